The molecule has 0 unspecified atom stereocenters. The molecule has 0 radical (unpaired) electrons. The van der Waals surface area contributed by atoms with Crippen LogP contribution in [0.2, 0.25) is 0 Å². The SMILES string of the molecule is Cc1ccc([C@@H](C)NC(=O)CCc2ccco2)o1. The molecule has 2 aromatic rings. The molecule has 0 spiro atoms. The Morgan fingerprint density at radius 2 is 2.22 bits per heavy atom. The van der Waals surface area contributed by atoms with Gasteiger partial charge in [-0.05, 0) is 38.1 Å². The first kappa shape index (κ1) is 12.5. The second-order valence-electron chi connectivity index (χ2n) is 4.32. The molecule has 0 aliphatic carbocycles. The van der Waals surface area contributed by atoms with E-state index in [4.69, 9.17) is 8.83 Å². The fraction of sp³-hybridized carbons (Fsp3) is 0.357. The van der Waals surface area contributed by atoms with Crippen LogP contribution >= 0.6 is 0 Å². The van der Waals surface area contributed by atoms with Crippen molar-refractivity contribution in [1.29, 1.82) is 0 Å². The van der Waals surface area contributed by atoms with Gasteiger partial charge in [-0.2, -0.15) is 0 Å². The van der Waals surface area contributed by atoms with E-state index in [1.54, 1.807) is 6.26 Å². The van der Waals surface area contributed by atoms with E-state index in [0.717, 1.165) is 17.3 Å². The number of amides is 1. The average Bonchev–Trinajstić information content (AvgIpc) is 2.97. The van der Waals surface area contributed by atoms with E-state index in [2.05, 4.69) is 5.32 Å². The van der Waals surface area contributed by atoms with Gasteiger partial charge < -0.3 is 14.2 Å². The van der Waals surface area contributed by atoms with Crippen molar-refractivity contribution in [3.63, 3.8) is 0 Å². The second-order valence-corrected chi connectivity index (χ2v) is 4.32. The van der Waals surface area contributed by atoms with Gasteiger partial charge >= 0.3 is 0 Å². The van der Waals surface area contributed by atoms with Crippen LogP contribution in [0.1, 0.15) is 36.7 Å². The highest BCUT2D eigenvalue weighted by Crippen LogP contribution is 2.15. The van der Waals surface area contributed by atoms with Crippen LogP contribution in [-0.4, -0.2) is 5.91 Å². The van der Waals surface area contributed by atoms with E-state index >= 15 is 0 Å². The predicted octanol–water partition coefficient (Wildman–Crippen LogP) is 2.99. The molecule has 2 rings (SSSR count). The van der Waals surface area contributed by atoms with Crippen LogP contribution in [0.5, 0.6) is 0 Å². The van der Waals surface area contributed by atoms with Gasteiger partial charge in [-0.3, -0.25) is 4.79 Å². The van der Waals surface area contributed by atoms with Gasteiger partial charge in [-0.25, -0.2) is 0 Å². The molecule has 18 heavy (non-hydrogen) atoms. The van der Waals surface area contributed by atoms with Crippen LogP contribution in [0.15, 0.2) is 39.4 Å². The van der Waals surface area contributed by atoms with Crippen LogP contribution in [0.25, 0.3) is 0 Å². The van der Waals surface area contributed by atoms with Gasteiger partial charge in [-0.15, -0.1) is 0 Å². The molecule has 1 N–H and O–H groups in total. The first-order valence-electron chi connectivity index (χ1n) is 6.03. The van der Waals surface area contributed by atoms with Gasteiger partial charge in [-0.1, -0.05) is 0 Å². The Balaban J connectivity index is 1.80. The summed E-state index contributed by atoms with van der Waals surface area (Å²) < 4.78 is 10.6. The van der Waals surface area contributed by atoms with Gasteiger partial charge in [0.1, 0.15) is 17.3 Å². The lowest BCUT2D eigenvalue weighted by atomic mass is 10.2. The van der Waals surface area contributed by atoms with Crippen molar-refractivity contribution in [2.45, 2.75) is 32.7 Å². The van der Waals surface area contributed by atoms with Crippen molar-refractivity contribution in [3.05, 3.63) is 47.8 Å². The minimum absolute atomic E-state index is 0.00652. The summed E-state index contributed by atoms with van der Waals surface area (Å²) in [5.74, 6) is 2.44. The summed E-state index contributed by atoms with van der Waals surface area (Å²) in [4.78, 5) is 11.7. The Hall–Kier alpha value is -1.97. The molecule has 4 heteroatoms. The maximum Gasteiger partial charge on any atom is 0.221 e. The Labute approximate surface area is 106 Å². The Morgan fingerprint density at radius 3 is 2.83 bits per heavy atom. The van der Waals surface area contributed by atoms with Crippen LogP contribution < -0.4 is 5.32 Å². The standard InChI is InChI=1S/C14H17NO3/c1-10-5-7-13(18-10)11(2)15-14(16)8-6-12-4-3-9-17-12/h3-5,7,9,11H,6,8H2,1-2H3,(H,15,16)/t11-/m1/s1. The minimum Gasteiger partial charge on any atom is -0.469 e. The van der Waals surface area contributed by atoms with Crippen LogP contribution in [0.3, 0.4) is 0 Å². The fourth-order valence-corrected chi connectivity index (χ4v) is 1.76. The summed E-state index contributed by atoms with van der Waals surface area (Å²) in [6.45, 7) is 3.79. The number of aryl methyl sites for hydroxylation is 2. The Bertz CT molecular complexity index is 499. The number of furan rings is 2. The smallest absolute Gasteiger partial charge is 0.221 e. The third-order valence-electron chi connectivity index (χ3n) is 2.74. The van der Waals surface area contributed by atoms with Gasteiger partial charge in [0, 0.05) is 12.8 Å². The molecule has 0 aliphatic rings. The highest BCUT2D eigenvalue weighted by molar-refractivity contribution is 5.76. The van der Waals surface area contributed by atoms with E-state index < -0.39 is 0 Å². The number of carbonyl (C=O) groups excluding carboxylic acids is 1. The van der Waals surface area contributed by atoms with E-state index in [1.807, 2.05) is 38.1 Å². The zero-order valence-corrected chi connectivity index (χ0v) is 10.6. The predicted molar refractivity (Wildman–Crippen MR) is 67.0 cm³/mol. The quantitative estimate of drug-likeness (QED) is 0.883. The topological polar surface area (TPSA) is 55.4 Å². The number of nitrogens with one attached hydrogen (secondary N) is 1. The molecular weight excluding hydrogens is 230 g/mol. The zero-order valence-electron chi connectivity index (χ0n) is 10.6. The molecule has 0 aromatic carbocycles. The molecule has 2 aromatic heterocycles. The lowest BCUT2D eigenvalue weighted by Gasteiger charge is -2.10. The van der Waals surface area contributed by atoms with Crippen LogP contribution in [0, 0.1) is 6.92 Å². The lowest BCUT2D eigenvalue weighted by molar-refractivity contribution is -0.121. The zero-order chi connectivity index (χ0) is 13.0. The molecule has 4 nitrogen and oxygen atoms in total. The number of hydrogen-bond donors (Lipinski definition) is 1. The molecule has 0 aliphatic heterocycles. The summed E-state index contributed by atoms with van der Waals surface area (Å²) in [6.07, 6.45) is 2.64. The number of carbonyl (C=O) groups is 1. The third kappa shape index (κ3) is 3.26. The van der Waals surface area contributed by atoms with Crippen molar-refractivity contribution in [3.8, 4) is 0 Å². The van der Waals surface area contributed by atoms with E-state index in [1.165, 1.54) is 0 Å². The van der Waals surface area contributed by atoms with E-state index in [9.17, 15) is 4.79 Å². The largest absolute Gasteiger partial charge is 0.469 e. The molecule has 0 saturated heterocycles. The number of hydrogen-bond acceptors (Lipinski definition) is 3. The van der Waals surface area contributed by atoms with Crippen LogP contribution in [0.4, 0.5) is 0 Å². The molecule has 0 bridgehead atoms. The summed E-state index contributed by atoms with van der Waals surface area (Å²) in [5.41, 5.74) is 0. The van der Waals surface area contributed by atoms with Gasteiger partial charge in [0.15, 0.2) is 0 Å². The fourth-order valence-electron chi connectivity index (χ4n) is 1.76. The molecule has 0 saturated carbocycles. The Morgan fingerprint density at radius 1 is 1.39 bits per heavy atom. The third-order valence-corrected chi connectivity index (χ3v) is 2.74. The highest BCUT2D eigenvalue weighted by Gasteiger charge is 2.12. The summed E-state index contributed by atoms with van der Waals surface area (Å²) in [5, 5.41) is 2.90. The molecule has 1 atom stereocenters. The van der Waals surface area contributed by atoms with Gasteiger partial charge in [0.05, 0.1) is 12.3 Å². The first-order chi connectivity index (χ1) is 8.65. The summed E-state index contributed by atoms with van der Waals surface area (Å²) in [7, 11) is 0. The molecule has 0 fully saturated rings. The monoisotopic (exact) mass is 247 g/mol. The molecule has 96 valence electrons. The number of rotatable bonds is 5. The maximum absolute atomic E-state index is 11.7. The van der Waals surface area contributed by atoms with Gasteiger partial charge in [0.2, 0.25) is 5.91 Å². The molecule has 2 heterocycles. The van der Waals surface area contributed by atoms with E-state index in [0.29, 0.717) is 12.8 Å². The molecular formula is C14H17NO3. The second kappa shape index (κ2) is 5.58. The van der Waals surface area contributed by atoms with Crippen molar-refractivity contribution < 1.29 is 13.6 Å². The minimum atomic E-state index is -0.109. The van der Waals surface area contributed by atoms with Crippen molar-refractivity contribution in [2.75, 3.05) is 0 Å². The van der Waals surface area contributed by atoms with Gasteiger partial charge in [0.25, 0.3) is 0 Å². The average molecular weight is 247 g/mol. The molecule has 1 amide bonds. The summed E-state index contributed by atoms with van der Waals surface area (Å²) in [6, 6.07) is 7.35. The first-order valence-corrected chi connectivity index (χ1v) is 6.03. The normalized spacial score (nSPS) is 12.3. The van der Waals surface area contributed by atoms with Crippen molar-refractivity contribution in [1.82, 2.24) is 5.32 Å². The maximum atomic E-state index is 11.7. The Kier molecular flexibility index (Phi) is 3.87. The van der Waals surface area contributed by atoms with E-state index in [-0.39, 0.29) is 11.9 Å². The van der Waals surface area contributed by atoms with Crippen molar-refractivity contribution in [2.24, 2.45) is 0 Å². The van der Waals surface area contributed by atoms with Crippen molar-refractivity contribution >= 4 is 5.91 Å². The highest BCUT2D eigenvalue weighted by atomic mass is 16.3. The summed E-state index contributed by atoms with van der Waals surface area (Å²) >= 11 is 0. The lowest BCUT2D eigenvalue weighted by Crippen LogP contribution is -2.26. The van der Waals surface area contributed by atoms with Crippen LogP contribution in [-0.2, 0) is 11.2 Å².